The highest BCUT2D eigenvalue weighted by Gasteiger charge is 2.38. The molecule has 5 heteroatoms. The van der Waals surface area contributed by atoms with Crippen LogP contribution in [-0.2, 0) is 0 Å². The Morgan fingerprint density at radius 1 is 0.568 bits per heavy atom. The Morgan fingerprint density at radius 3 is 1.80 bits per heavy atom. The van der Waals surface area contributed by atoms with Gasteiger partial charge in [-0.1, -0.05) is 12.1 Å². The molecule has 0 aliphatic heterocycles. The summed E-state index contributed by atoms with van der Waals surface area (Å²) in [7, 11) is 0. The third-order valence-electron chi connectivity index (χ3n) is 12.0. The van der Waals surface area contributed by atoms with Crippen LogP contribution in [0.1, 0.15) is 95.0 Å². The van der Waals surface area contributed by atoms with E-state index in [-0.39, 0.29) is 28.8 Å². The topological polar surface area (TPSA) is 68.8 Å². The zero-order valence-corrected chi connectivity index (χ0v) is 24.2. The van der Waals surface area contributed by atoms with Crippen LogP contribution in [0.2, 0.25) is 0 Å². The van der Waals surface area contributed by atoms with E-state index >= 15 is 0 Å². The fourth-order valence-electron chi connectivity index (χ4n) is 9.86. The zero-order valence-electron chi connectivity index (χ0n) is 24.2. The second-order valence-corrected chi connectivity index (χ2v) is 14.0. The van der Waals surface area contributed by atoms with Gasteiger partial charge in [-0.15, -0.1) is 0 Å². The van der Waals surface area contributed by atoms with E-state index < -0.39 is 0 Å². The molecule has 0 N–H and O–H groups in total. The minimum absolute atomic E-state index is 0.0264. The largest absolute Gasteiger partial charge is 0.455 e. The molecule has 214 valence electrons. The van der Waals surface area contributed by atoms with Crippen molar-refractivity contribution in [3.63, 3.8) is 0 Å². The quantitative estimate of drug-likeness (QED) is 0.169. The van der Waals surface area contributed by atoms with E-state index in [1.807, 2.05) is 30.3 Å². The van der Waals surface area contributed by atoms with Crippen molar-refractivity contribution in [3.8, 4) is 0 Å². The summed E-state index contributed by atoms with van der Waals surface area (Å²) in [4.78, 5) is 41.8. The molecule has 44 heavy (non-hydrogen) atoms. The first-order valence-electron chi connectivity index (χ1n) is 16.3. The first-order chi connectivity index (χ1) is 21.5. The minimum Gasteiger partial charge on any atom is -0.455 e. The average Bonchev–Trinajstić information content (AvgIpc) is 3.38. The maximum Gasteiger partial charge on any atom is 0.200 e. The molecule has 6 aliphatic rings. The van der Waals surface area contributed by atoms with Crippen LogP contribution < -0.4 is 5.43 Å². The van der Waals surface area contributed by atoms with Gasteiger partial charge in [0.2, 0.25) is 5.43 Å². The van der Waals surface area contributed by atoms with Crippen LogP contribution >= 0.6 is 0 Å². The first kappa shape index (κ1) is 23.9. The van der Waals surface area contributed by atoms with Crippen molar-refractivity contribution in [3.05, 3.63) is 87.1 Å². The zero-order chi connectivity index (χ0) is 29.0. The van der Waals surface area contributed by atoms with E-state index in [1.165, 1.54) is 5.56 Å². The molecule has 5 nitrogen and oxygen atoms in total. The molecule has 6 aliphatic carbocycles. The average molecular weight is 576 g/mol. The van der Waals surface area contributed by atoms with Gasteiger partial charge in [0.1, 0.15) is 11.2 Å². The van der Waals surface area contributed by atoms with Crippen molar-refractivity contribution in [2.24, 2.45) is 11.8 Å². The van der Waals surface area contributed by atoms with Crippen molar-refractivity contribution < 1.29 is 14.0 Å². The van der Waals surface area contributed by atoms with Gasteiger partial charge >= 0.3 is 0 Å². The molecule has 0 saturated heterocycles. The van der Waals surface area contributed by atoms with Crippen molar-refractivity contribution in [1.82, 2.24) is 4.40 Å². The normalized spacial score (nSPS) is 24.7. The Labute approximate surface area is 251 Å². The van der Waals surface area contributed by atoms with Crippen molar-refractivity contribution >= 4 is 71.6 Å². The number of fused-ring (bicyclic) bond motifs is 13. The summed E-state index contributed by atoms with van der Waals surface area (Å²) in [5, 5.41) is 5.20. The highest BCUT2D eigenvalue weighted by atomic mass is 16.3. The smallest absolute Gasteiger partial charge is 0.200 e. The van der Waals surface area contributed by atoms with Crippen molar-refractivity contribution in [2.75, 3.05) is 0 Å². The molecule has 2 fully saturated rings. The number of hydrogen-bond donors (Lipinski definition) is 0. The van der Waals surface area contributed by atoms with Crippen molar-refractivity contribution in [1.29, 1.82) is 0 Å². The number of rotatable bonds is 0. The Kier molecular flexibility index (Phi) is 4.32. The number of hydrogen-bond acceptors (Lipinski definition) is 4. The fraction of sp³-hybridized carbons (Fsp3) is 0.308. The summed E-state index contributed by atoms with van der Waals surface area (Å²) in [5.41, 5.74) is 8.14. The number of carbonyl (C=O) groups is 2. The lowest BCUT2D eigenvalue weighted by molar-refractivity contribution is 0.0891. The third kappa shape index (κ3) is 2.76. The van der Waals surface area contributed by atoms with Gasteiger partial charge in [-0.05, 0) is 117 Å². The lowest BCUT2D eigenvalue weighted by Gasteiger charge is -2.22. The van der Waals surface area contributed by atoms with Crippen LogP contribution in [0.25, 0.3) is 60.0 Å². The number of aromatic nitrogens is 1. The number of carbonyl (C=O) groups excluding carboxylic acids is 2. The Morgan fingerprint density at radius 2 is 1.14 bits per heavy atom. The molecule has 0 amide bonds. The lowest BCUT2D eigenvalue weighted by Crippen LogP contribution is -2.15. The van der Waals surface area contributed by atoms with Gasteiger partial charge in [0.05, 0.1) is 32.7 Å². The molecule has 2 saturated carbocycles. The molecule has 3 aromatic heterocycles. The van der Waals surface area contributed by atoms with Gasteiger partial charge in [-0.25, -0.2) is 0 Å². The van der Waals surface area contributed by atoms with Crippen LogP contribution in [0.4, 0.5) is 0 Å². The second kappa shape index (κ2) is 7.95. The third-order valence-corrected chi connectivity index (χ3v) is 12.0. The van der Waals surface area contributed by atoms with Gasteiger partial charge in [0, 0.05) is 39.1 Å². The molecular weight excluding hydrogens is 546 g/mol. The second-order valence-electron chi connectivity index (χ2n) is 14.0. The predicted octanol–water partition coefficient (Wildman–Crippen LogP) is 9.04. The summed E-state index contributed by atoms with van der Waals surface area (Å²) >= 11 is 0. The van der Waals surface area contributed by atoms with E-state index in [1.54, 1.807) is 0 Å². The van der Waals surface area contributed by atoms with E-state index in [9.17, 15) is 14.4 Å². The molecule has 13 rings (SSSR count). The number of ketones is 2. The van der Waals surface area contributed by atoms with Gasteiger partial charge in [0.25, 0.3) is 0 Å². The SMILES string of the molecule is O=C1c2cc3c(cc2C2CCC1CC2)c1cc2c(=O)c4ccccc4oc2c2c4cc5c(cc4n3c12)C(=O)C1CCC5CC1. The molecule has 0 radical (unpaired) electrons. The van der Waals surface area contributed by atoms with Gasteiger partial charge in [-0.2, -0.15) is 0 Å². The van der Waals surface area contributed by atoms with E-state index in [2.05, 4.69) is 28.7 Å². The summed E-state index contributed by atoms with van der Waals surface area (Å²) in [6, 6.07) is 18.3. The predicted molar refractivity (Wildman–Crippen MR) is 173 cm³/mol. The van der Waals surface area contributed by atoms with Gasteiger partial charge in [0.15, 0.2) is 11.6 Å². The standard InChI is InChI=1S/C39H29NO4/c41-36-20-9-5-18(6-10-20)23-13-25-26-15-30-38(43)22-3-1-2-4-33(22)44-39(30)34-29-14-24-19-7-11-21(12-8-19)37(42)28(24)17-32(29)40(35(26)34)31(25)16-27(23)36/h1-4,13-21H,5-12H2. The minimum atomic E-state index is -0.0264. The maximum absolute atomic E-state index is 14.1. The van der Waals surface area contributed by atoms with E-state index in [0.717, 1.165) is 106 Å². The van der Waals surface area contributed by atoms with E-state index in [0.29, 0.717) is 33.8 Å². The summed E-state index contributed by atoms with van der Waals surface area (Å²) in [6.45, 7) is 0. The monoisotopic (exact) mass is 575 g/mol. The first-order valence-corrected chi connectivity index (χ1v) is 16.3. The Bertz CT molecular complexity index is 2530. The van der Waals surface area contributed by atoms with Crippen LogP contribution in [-0.4, -0.2) is 16.0 Å². The van der Waals surface area contributed by atoms with Crippen LogP contribution in [0.5, 0.6) is 0 Å². The van der Waals surface area contributed by atoms with Crippen LogP contribution in [0.15, 0.2) is 63.8 Å². The van der Waals surface area contributed by atoms with Crippen LogP contribution in [0, 0.1) is 11.8 Å². The lowest BCUT2D eigenvalue weighted by atomic mass is 9.82. The Balaban J connectivity index is 1.38. The Hall–Kier alpha value is -4.51. The number of benzene rings is 4. The molecule has 4 bridgehead atoms. The highest BCUT2D eigenvalue weighted by molar-refractivity contribution is 6.31. The highest BCUT2D eigenvalue weighted by Crippen LogP contribution is 2.50. The fourth-order valence-corrected chi connectivity index (χ4v) is 9.86. The molecule has 3 heterocycles. The summed E-state index contributed by atoms with van der Waals surface area (Å²) < 4.78 is 8.90. The summed E-state index contributed by atoms with van der Waals surface area (Å²) in [6.07, 6.45) is 8.02. The number of nitrogens with zero attached hydrogens (tertiary/aromatic N) is 1. The van der Waals surface area contributed by atoms with Crippen molar-refractivity contribution in [2.45, 2.75) is 63.2 Å². The molecule has 0 unspecified atom stereocenters. The number of Topliss-reactive ketones (excluding diaryl/α,β-unsaturated/α-hetero) is 2. The number of para-hydroxylation sites is 1. The van der Waals surface area contributed by atoms with Gasteiger partial charge < -0.3 is 8.82 Å². The van der Waals surface area contributed by atoms with E-state index in [4.69, 9.17) is 4.42 Å². The van der Waals surface area contributed by atoms with Gasteiger partial charge in [-0.3, -0.25) is 14.4 Å². The molecule has 0 atom stereocenters. The molecule has 0 spiro atoms. The molecule has 4 aromatic carbocycles. The summed E-state index contributed by atoms with van der Waals surface area (Å²) in [5.74, 6) is 1.52. The van der Waals surface area contributed by atoms with Crippen LogP contribution in [0.3, 0.4) is 0 Å². The molecule has 7 aromatic rings. The maximum atomic E-state index is 14.1. The molecular formula is C39H29NO4.